The van der Waals surface area contributed by atoms with E-state index < -0.39 is 0 Å². The molecule has 0 heterocycles. The molecule has 0 aromatic heterocycles. The number of carbonyl (C=O) groups is 1. The van der Waals surface area contributed by atoms with Crippen molar-refractivity contribution in [1.29, 1.82) is 0 Å². The fourth-order valence-electron chi connectivity index (χ4n) is 2.57. The number of ketones is 1. The lowest BCUT2D eigenvalue weighted by molar-refractivity contribution is 0.0987. The second-order valence-electron chi connectivity index (χ2n) is 5.02. The molecule has 100 valence electrons. The Morgan fingerprint density at radius 1 is 1.32 bits per heavy atom. The van der Waals surface area contributed by atoms with Crippen molar-refractivity contribution in [2.45, 2.75) is 33.6 Å². The summed E-state index contributed by atoms with van der Waals surface area (Å²) < 4.78 is 5.23. The number of carbonyl (C=O) groups excluding carboxylic acids is 1. The van der Waals surface area contributed by atoms with Crippen molar-refractivity contribution in [3.63, 3.8) is 0 Å². The highest BCUT2D eigenvalue weighted by Gasteiger charge is 2.18. The molecule has 0 spiro atoms. The average Bonchev–Trinajstić information content (AvgIpc) is 2.76. The maximum absolute atomic E-state index is 12.2. The minimum atomic E-state index is 0.166. The maximum atomic E-state index is 12.2. The molecule has 2 heteroatoms. The van der Waals surface area contributed by atoms with Crippen molar-refractivity contribution in [3.8, 4) is 5.75 Å². The third-order valence-corrected chi connectivity index (χ3v) is 3.57. The SMILES string of the molecule is CCC(=O)c1cc(OC)ccc1C1=C(C)C=C(C)C1. The van der Waals surface area contributed by atoms with Gasteiger partial charge in [0.25, 0.3) is 0 Å². The first kappa shape index (κ1) is 13.6. The highest BCUT2D eigenvalue weighted by Crippen LogP contribution is 2.36. The van der Waals surface area contributed by atoms with Gasteiger partial charge in [-0.2, -0.15) is 0 Å². The van der Waals surface area contributed by atoms with Crippen LogP contribution in [0.1, 0.15) is 49.5 Å². The van der Waals surface area contributed by atoms with Crippen molar-refractivity contribution in [2.24, 2.45) is 0 Å². The highest BCUT2D eigenvalue weighted by atomic mass is 16.5. The zero-order chi connectivity index (χ0) is 14.0. The minimum absolute atomic E-state index is 0.166. The second-order valence-corrected chi connectivity index (χ2v) is 5.02. The molecule has 0 atom stereocenters. The number of hydrogen-bond donors (Lipinski definition) is 0. The van der Waals surface area contributed by atoms with Gasteiger partial charge in [-0.15, -0.1) is 0 Å². The van der Waals surface area contributed by atoms with Gasteiger partial charge in [0, 0.05) is 12.0 Å². The van der Waals surface area contributed by atoms with Crippen LogP contribution in [0.5, 0.6) is 5.75 Å². The van der Waals surface area contributed by atoms with Gasteiger partial charge in [-0.1, -0.05) is 24.6 Å². The van der Waals surface area contributed by atoms with Crippen LogP contribution < -0.4 is 4.74 Å². The summed E-state index contributed by atoms with van der Waals surface area (Å²) in [5, 5.41) is 0. The van der Waals surface area contributed by atoms with E-state index in [-0.39, 0.29) is 5.78 Å². The lowest BCUT2D eigenvalue weighted by Crippen LogP contribution is -2.03. The van der Waals surface area contributed by atoms with Crippen molar-refractivity contribution in [3.05, 3.63) is 46.5 Å². The Labute approximate surface area is 114 Å². The van der Waals surface area contributed by atoms with E-state index in [4.69, 9.17) is 4.74 Å². The average molecular weight is 256 g/mol. The summed E-state index contributed by atoms with van der Waals surface area (Å²) in [4.78, 5) is 12.2. The predicted octanol–water partition coefficient (Wildman–Crippen LogP) is 4.41. The summed E-state index contributed by atoms with van der Waals surface area (Å²) in [6.07, 6.45) is 3.64. The Bertz CT molecular complexity index is 577. The molecule has 2 nitrogen and oxygen atoms in total. The summed E-state index contributed by atoms with van der Waals surface area (Å²) in [7, 11) is 1.63. The molecule has 0 bridgehead atoms. The van der Waals surface area contributed by atoms with E-state index in [1.54, 1.807) is 7.11 Å². The van der Waals surface area contributed by atoms with E-state index >= 15 is 0 Å². The van der Waals surface area contributed by atoms with Gasteiger partial charge in [-0.3, -0.25) is 4.79 Å². The molecule has 1 aliphatic carbocycles. The third kappa shape index (κ3) is 2.62. The van der Waals surface area contributed by atoms with Crippen LogP contribution in [0.2, 0.25) is 0 Å². The molecule has 1 aromatic rings. The van der Waals surface area contributed by atoms with Gasteiger partial charge in [-0.05, 0) is 49.1 Å². The molecule has 0 N–H and O–H groups in total. The smallest absolute Gasteiger partial charge is 0.163 e. The van der Waals surface area contributed by atoms with Crippen LogP contribution in [0, 0.1) is 0 Å². The molecule has 1 aliphatic rings. The molecule has 0 radical (unpaired) electrons. The molecule has 0 unspecified atom stereocenters. The maximum Gasteiger partial charge on any atom is 0.163 e. The number of allylic oxidation sites excluding steroid dienone is 4. The topological polar surface area (TPSA) is 26.3 Å². The summed E-state index contributed by atoms with van der Waals surface area (Å²) in [6.45, 7) is 6.13. The number of ether oxygens (including phenoxy) is 1. The molecule has 19 heavy (non-hydrogen) atoms. The molecule has 0 saturated carbocycles. The monoisotopic (exact) mass is 256 g/mol. The quantitative estimate of drug-likeness (QED) is 0.746. The summed E-state index contributed by atoms with van der Waals surface area (Å²) in [5.41, 5.74) is 5.69. The Morgan fingerprint density at radius 3 is 2.58 bits per heavy atom. The summed E-state index contributed by atoms with van der Waals surface area (Å²) in [6, 6.07) is 5.79. The van der Waals surface area contributed by atoms with Crippen LogP contribution in [-0.2, 0) is 0 Å². The van der Waals surface area contributed by atoms with Crippen molar-refractivity contribution in [1.82, 2.24) is 0 Å². The van der Waals surface area contributed by atoms with Crippen molar-refractivity contribution in [2.75, 3.05) is 7.11 Å². The number of Topliss-reactive ketones (excluding diaryl/α,β-unsaturated/α-hetero) is 1. The molecule has 1 aromatic carbocycles. The van der Waals surface area contributed by atoms with Crippen molar-refractivity contribution < 1.29 is 9.53 Å². The minimum Gasteiger partial charge on any atom is -0.497 e. The van der Waals surface area contributed by atoms with Crippen LogP contribution in [0.25, 0.3) is 5.57 Å². The second kappa shape index (κ2) is 5.43. The van der Waals surface area contributed by atoms with E-state index in [1.165, 1.54) is 16.7 Å². The van der Waals surface area contributed by atoms with Crippen molar-refractivity contribution >= 4 is 11.4 Å². The number of hydrogen-bond acceptors (Lipinski definition) is 2. The molecule has 0 saturated heterocycles. The molecule has 0 fully saturated rings. The van der Waals surface area contributed by atoms with Gasteiger partial charge in [0.1, 0.15) is 5.75 Å². The van der Waals surface area contributed by atoms with Gasteiger partial charge in [-0.25, -0.2) is 0 Å². The van der Waals surface area contributed by atoms with E-state index in [1.807, 2.05) is 25.1 Å². The number of rotatable bonds is 4. The summed E-state index contributed by atoms with van der Waals surface area (Å²) >= 11 is 0. The van der Waals surface area contributed by atoms with E-state index in [0.29, 0.717) is 6.42 Å². The fourth-order valence-corrected chi connectivity index (χ4v) is 2.57. The first-order valence-corrected chi connectivity index (χ1v) is 6.65. The van der Waals surface area contributed by atoms with Crippen LogP contribution in [0.15, 0.2) is 35.4 Å². The Hall–Kier alpha value is -1.83. The van der Waals surface area contributed by atoms with Gasteiger partial charge in [0.15, 0.2) is 5.78 Å². The Balaban J connectivity index is 2.52. The molecule has 0 amide bonds. The largest absolute Gasteiger partial charge is 0.497 e. The molecular weight excluding hydrogens is 236 g/mol. The zero-order valence-corrected chi connectivity index (χ0v) is 12.0. The lowest BCUT2D eigenvalue weighted by Gasteiger charge is -2.12. The van der Waals surface area contributed by atoms with Gasteiger partial charge in [0.05, 0.1) is 7.11 Å². The predicted molar refractivity (Wildman–Crippen MR) is 78.6 cm³/mol. The third-order valence-electron chi connectivity index (χ3n) is 3.57. The normalized spacial score (nSPS) is 14.6. The zero-order valence-electron chi connectivity index (χ0n) is 12.0. The fraction of sp³-hybridized carbons (Fsp3) is 0.353. The standard InChI is InChI=1S/C17H20O2/c1-5-17(18)16-10-13(19-4)6-7-14(16)15-9-11(2)8-12(15)3/h6-8,10H,5,9H2,1-4H3. The highest BCUT2D eigenvalue weighted by molar-refractivity contribution is 6.01. The Morgan fingerprint density at radius 2 is 2.05 bits per heavy atom. The first-order chi connectivity index (χ1) is 9.06. The van der Waals surface area contributed by atoms with E-state index in [9.17, 15) is 4.79 Å². The van der Waals surface area contributed by atoms with Gasteiger partial charge < -0.3 is 4.74 Å². The Kier molecular flexibility index (Phi) is 3.89. The molecular formula is C17H20O2. The summed E-state index contributed by atoms with van der Waals surface area (Å²) in [5.74, 6) is 0.903. The van der Waals surface area contributed by atoms with E-state index in [2.05, 4.69) is 19.9 Å². The lowest BCUT2D eigenvalue weighted by atomic mass is 9.93. The number of benzene rings is 1. The van der Waals surface area contributed by atoms with Gasteiger partial charge >= 0.3 is 0 Å². The van der Waals surface area contributed by atoms with Crippen LogP contribution in [-0.4, -0.2) is 12.9 Å². The van der Waals surface area contributed by atoms with E-state index in [0.717, 1.165) is 23.3 Å². The van der Waals surface area contributed by atoms with Crippen LogP contribution >= 0.6 is 0 Å². The van der Waals surface area contributed by atoms with Crippen LogP contribution in [0.4, 0.5) is 0 Å². The molecule has 0 aliphatic heterocycles. The number of methoxy groups -OCH3 is 1. The molecule has 2 rings (SSSR count). The first-order valence-electron chi connectivity index (χ1n) is 6.65. The van der Waals surface area contributed by atoms with Gasteiger partial charge in [0.2, 0.25) is 0 Å². The van der Waals surface area contributed by atoms with Crippen LogP contribution in [0.3, 0.4) is 0 Å².